The third-order valence-corrected chi connectivity index (χ3v) is 1.51. The first-order valence-electron chi connectivity index (χ1n) is 3.87. The fraction of sp³-hybridized carbons (Fsp3) is 0.200. The van der Waals surface area contributed by atoms with Crippen molar-refractivity contribution in [3.05, 3.63) is 30.3 Å². The number of hydrogen-bond donors (Lipinski definition) is 0. The lowest BCUT2D eigenvalue weighted by molar-refractivity contribution is -0.0697. The highest BCUT2D eigenvalue weighted by molar-refractivity contribution is 5.50. The van der Waals surface area contributed by atoms with E-state index in [4.69, 9.17) is 0 Å². The molecule has 0 unspecified atom stereocenters. The van der Waals surface area contributed by atoms with Gasteiger partial charge in [0.2, 0.25) is 0 Å². The largest absolute Gasteiger partial charge is 0.459 e. The minimum absolute atomic E-state index is 0.629. The van der Waals surface area contributed by atoms with Gasteiger partial charge in [0.25, 0.3) is 0 Å². The fourth-order valence-electron chi connectivity index (χ4n) is 0.863. The molecule has 1 nitrogen and oxygen atoms in total. The molecule has 0 aliphatic carbocycles. The third kappa shape index (κ3) is 3.40. The monoisotopic (exact) mass is 199 g/mol. The number of alkyl halides is 3. The van der Waals surface area contributed by atoms with Crippen molar-refractivity contribution in [1.82, 2.24) is 0 Å². The standard InChI is InChI=1S/C10H8F3N/c1-14(8-7-10(11,12)13)9-5-3-2-4-6-9/h2-6H,1H3. The van der Waals surface area contributed by atoms with Crippen LogP contribution in [0, 0.1) is 12.0 Å². The maximum atomic E-state index is 11.7. The molecule has 0 saturated heterocycles. The van der Waals surface area contributed by atoms with Gasteiger partial charge in [-0.1, -0.05) is 18.2 Å². The highest BCUT2D eigenvalue weighted by Crippen LogP contribution is 2.13. The molecule has 1 aromatic rings. The van der Waals surface area contributed by atoms with Crippen molar-refractivity contribution >= 4 is 5.69 Å². The Morgan fingerprint density at radius 2 is 1.71 bits per heavy atom. The fourth-order valence-corrected chi connectivity index (χ4v) is 0.863. The van der Waals surface area contributed by atoms with E-state index < -0.39 is 6.18 Å². The molecule has 0 N–H and O–H groups in total. The minimum atomic E-state index is -4.44. The van der Waals surface area contributed by atoms with Crippen molar-refractivity contribution in [2.24, 2.45) is 0 Å². The zero-order chi connectivity index (χ0) is 10.6. The summed E-state index contributed by atoms with van der Waals surface area (Å²) >= 11 is 0. The molecule has 1 aromatic carbocycles. The van der Waals surface area contributed by atoms with E-state index in [9.17, 15) is 13.2 Å². The van der Waals surface area contributed by atoms with Crippen LogP contribution < -0.4 is 4.90 Å². The van der Waals surface area contributed by atoms with E-state index in [1.54, 1.807) is 30.3 Å². The smallest absolute Gasteiger partial charge is 0.304 e. The molecule has 0 fully saturated rings. The van der Waals surface area contributed by atoms with Gasteiger partial charge in [-0.25, -0.2) is 0 Å². The molecule has 0 aliphatic heterocycles. The van der Waals surface area contributed by atoms with Gasteiger partial charge in [0.1, 0.15) is 0 Å². The summed E-state index contributed by atoms with van der Waals surface area (Å²) in [6.45, 7) is 0. The Morgan fingerprint density at radius 1 is 1.14 bits per heavy atom. The van der Waals surface area contributed by atoms with E-state index in [1.165, 1.54) is 17.9 Å². The Bertz CT molecular complexity index is 345. The van der Waals surface area contributed by atoms with Crippen molar-refractivity contribution in [2.75, 3.05) is 11.9 Å². The van der Waals surface area contributed by atoms with Crippen LogP contribution in [0.1, 0.15) is 0 Å². The summed E-state index contributed by atoms with van der Waals surface area (Å²) in [5, 5.41) is 0. The van der Waals surface area contributed by atoms with E-state index in [0.717, 1.165) is 0 Å². The van der Waals surface area contributed by atoms with Crippen molar-refractivity contribution in [2.45, 2.75) is 6.18 Å². The first-order valence-corrected chi connectivity index (χ1v) is 3.87. The van der Waals surface area contributed by atoms with E-state index in [1.807, 2.05) is 6.04 Å². The van der Waals surface area contributed by atoms with Gasteiger partial charge in [0.05, 0.1) is 0 Å². The summed E-state index contributed by atoms with van der Waals surface area (Å²) in [5.74, 6) is 1.20. The molecule has 0 heterocycles. The van der Waals surface area contributed by atoms with Gasteiger partial charge in [0.15, 0.2) is 0 Å². The lowest BCUT2D eigenvalue weighted by Gasteiger charge is -2.09. The second-order valence-corrected chi connectivity index (χ2v) is 2.63. The van der Waals surface area contributed by atoms with E-state index in [2.05, 4.69) is 0 Å². The molecule has 4 heteroatoms. The number of anilines is 1. The quantitative estimate of drug-likeness (QED) is 0.496. The van der Waals surface area contributed by atoms with Gasteiger partial charge in [0, 0.05) is 24.7 Å². The number of halogens is 3. The van der Waals surface area contributed by atoms with Crippen molar-refractivity contribution in [3.63, 3.8) is 0 Å². The van der Waals surface area contributed by atoms with Gasteiger partial charge in [-0.05, 0) is 12.1 Å². The van der Waals surface area contributed by atoms with Crippen LogP contribution in [0.5, 0.6) is 0 Å². The maximum absolute atomic E-state index is 11.7. The zero-order valence-corrected chi connectivity index (χ0v) is 7.47. The highest BCUT2D eigenvalue weighted by Gasteiger charge is 2.23. The third-order valence-electron chi connectivity index (χ3n) is 1.51. The van der Waals surface area contributed by atoms with Crippen LogP contribution in [-0.4, -0.2) is 13.2 Å². The van der Waals surface area contributed by atoms with Crippen LogP contribution in [0.4, 0.5) is 18.9 Å². The number of nitrogens with zero attached hydrogens (tertiary/aromatic N) is 1. The van der Waals surface area contributed by atoms with E-state index >= 15 is 0 Å². The summed E-state index contributed by atoms with van der Waals surface area (Å²) in [7, 11) is 1.48. The van der Waals surface area contributed by atoms with Crippen LogP contribution in [0.15, 0.2) is 30.3 Å². The normalized spacial score (nSPS) is 10.3. The van der Waals surface area contributed by atoms with Gasteiger partial charge in [-0.2, -0.15) is 13.2 Å². The highest BCUT2D eigenvalue weighted by atomic mass is 19.4. The molecule has 1 rings (SSSR count). The molecule has 0 aliphatic rings. The topological polar surface area (TPSA) is 3.24 Å². The predicted molar refractivity (Wildman–Crippen MR) is 48.7 cm³/mol. The number of rotatable bonds is 1. The summed E-state index contributed by atoms with van der Waals surface area (Å²) in [4.78, 5) is 1.23. The second-order valence-electron chi connectivity index (χ2n) is 2.63. The maximum Gasteiger partial charge on any atom is 0.459 e. The van der Waals surface area contributed by atoms with Gasteiger partial charge >= 0.3 is 6.18 Å². The summed E-state index contributed by atoms with van der Waals surface area (Å²) in [6.07, 6.45) is -4.44. The molecule has 0 spiro atoms. The molecule has 0 atom stereocenters. The average Bonchev–Trinajstić information content (AvgIpc) is 2.14. The average molecular weight is 199 g/mol. The van der Waals surface area contributed by atoms with E-state index in [0.29, 0.717) is 5.69 Å². The van der Waals surface area contributed by atoms with Crippen LogP contribution in [0.25, 0.3) is 0 Å². The number of benzene rings is 1. The Hall–Kier alpha value is -1.63. The molecule has 74 valence electrons. The zero-order valence-electron chi connectivity index (χ0n) is 7.47. The van der Waals surface area contributed by atoms with Crippen LogP contribution in [-0.2, 0) is 0 Å². The van der Waals surface area contributed by atoms with Gasteiger partial charge in [-0.15, -0.1) is 0 Å². The molecule has 0 amide bonds. The molecule has 14 heavy (non-hydrogen) atoms. The second kappa shape index (κ2) is 4.05. The van der Waals surface area contributed by atoms with E-state index in [-0.39, 0.29) is 0 Å². The van der Waals surface area contributed by atoms with Gasteiger partial charge in [-0.3, -0.25) is 0 Å². The summed E-state index contributed by atoms with van der Waals surface area (Å²) in [5.41, 5.74) is 0.629. The number of hydrogen-bond acceptors (Lipinski definition) is 1. The van der Waals surface area contributed by atoms with Gasteiger partial charge < -0.3 is 4.90 Å². The van der Waals surface area contributed by atoms with Crippen LogP contribution >= 0.6 is 0 Å². The summed E-state index contributed by atoms with van der Waals surface area (Å²) < 4.78 is 35.2. The van der Waals surface area contributed by atoms with Crippen LogP contribution in [0.2, 0.25) is 0 Å². The molecule has 0 saturated carbocycles. The Kier molecular flexibility index (Phi) is 3.03. The first kappa shape index (κ1) is 10.5. The number of para-hydroxylation sites is 1. The lowest BCUT2D eigenvalue weighted by atomic mass is 10.3. The Labute approximate surface area is 80.1 Å². The van der Waals surface area contributed by atoms with Crippen molar-refractivity contribution < 1.29 is 13.2 Å². The van der Waals surface area contributed by atoms with Crippen LogP contribution in [0.3, 0.4) is 0 Å². The molecular weight excluding hydrogens is 191 g/mol. The van der Waals surface area contributed by atoms with Crippen molar-refractivity contribution in [3.8, 4) is 12.0 Å². The molecule has 0 bridgehead atoms. The first-order chi connectivity index (χ1) is 6.49. The SMILES string of the molecule is CN(C#CC(F)(F)F)c1ccccc1. The predicted octanol–water partition coefficient (Wildman–Crippen LogP) is 2.65. The summed E-state index contributed by atoms with van der Waals surface area (Å²) in [6, 6.07) is 10.6. The molecular formula is C10H8F3N. The lowest BCUT2D eigenvalue weighted by Crippen LogP contribution is -2.11. The molecule has 0 radical (unpaired) electrons. The Morgan fingerprint density at radius 3 is 2.21 bits per heavy atom. The Balaban J connectivity index is 2.76. The minimum Gasteiger partial charge on any atom is -0.304 e. The van der Waals surface area contributed by atoms with Crippen molar-refractivity contribution in [1.29, 1.82) is 0 Å². The molecule has 0 aromatic heterocycles.